The molecule has 0 saturated heterocycles. The van der Waals surface area contributed by atoms with E-state index in [-0.39, 0.29) is 12.1 Å². The number of nitrogens with one attached hydrogen (secondary N) is 1. The summed E-state index contributed by atoms with van der Waals surface area (Å²) in [5, 5.41) is 13.3. The molecule has 1 aromatic rings. The van der Waals surface area contributed by atoms with Crippen LogP contribution in [-0.2, 0) is 0 Å². The Balaban J connectivity index is 2.11. The fraction of sp³-hybridized carbons (Fsp3) is 0.462. The Hall–Kier alpha value is -0.650. The molecule has 4 N–H and O–H groups in total. The van der Waals surface area contributed by atoms with Gasteiger partial charge in [0.05, 0.1) is 12.1 Å². The number of thiocarbonyl (C=S) groups is 1. The number of aliphatic hydroxyl groups is 1. The third-order valence-corrected chi connectivity index (χ3v) is 4.22. The maximum Gasteiger partial charge on any atom is 0.104 e. The molecule has 2 unspecified atom stereocenters. The van der Waals surface area contributed by atoms with Crippen LogP contribution in [-0.4, -0.2) is 22.2 Å². The van der Waals surface area contributed by atoms with Crippen LogP contribution in [0.2, 0.25) is 0 Å². The number of rotatable bonds is 3. The number of hydrogen-bond donors (Lipinski definition) is 3. The molecule has 0 bridgehead atoms. The molecule has 18 heavy (non-hydrogen) atoms. The standard InChI is InChI=1S/C13H17BrN2OS/c14-9-7-8(13(15)18)5-6-10(9)16-11-3-1-2-4-12(11)17/h5-7,11-12,16-17H,1-4H2,(H2,15,18). The van der Waals surface area contributed by atoms with E-state index in [1.54, 1.807) is 0 Å². The predicted octanol–water partition coefficient (Wildman–Crippen LogP) is 2.80. The van der Waals surface area contributed by atoms with Gasteiger partial charge in [-0.3, -0.25) is 0 Å². The molecule has 5 heteroatoms. The highest BCUT2D eigenvalue weighted by Gasteiger charge is 2.23. The van der Waals surface area contributed by atoms with Crippen LogP contribution in [0.3, 0.4) is 0 Å². The fourth-order valence-electron chi connectivity index (χ4n) is 2.26. The summed E-state index contributed by atoms with van der Waals surface area (Å²) >= 11 is 8.44. The van der Waals surface area contributed by atoms with Gasteiger partial charge >= 0.3 is 0 Å². The van der Waals surface area contributed by atoms with Gasteiger partial charge in [0.1, 0.15) is 4.99 Å². The summed E-state index contributed by atoms with van der Waals surface area (Å²) in [5.41, 5.74) is 7.40. The smallest absolute Gasteiger partial charge is 0.104 e. The molecule has 0 amide bonds. The van der Waals surface area contributed by atoms with Crippen LogP contribution in [0, 0.1) is 0 Å². The van der Waals surface area contributed by atoms with Crippen molar-refractivity contribution < 1.29 is 5.11 Å². The highest BCUT2D eigenvalue weighted by molar-refractivity contribution is 9.10. The molecule has 0 aliphatic heterocycles. The highest BCUT2D eigenvalue weighted by atomic mass is 79.9. The second kappa shape index (κ2) is 5.99. The highest BCUT2D eigenvalue weighted by Crippen LogP contribution is 2.28. The molecule has 98 valence electrons. The molecule has 1 saturated carbocycles. The maximum atomic E-state index is 9.95. The summed E-state index contributed by atoms with van der Waals surface area (Å²) in [4.78, 5) is 0.389. The van der Waals surface area contributed by atoms with Gasteiger partial charge in [-0.1, -0.05) is 25.1 Å². The minimum absolute atomic E-state index is 0.130. The zero-order chi connectivity index (χ0) is 13.1. The molecule has 2 rings (SSSR count). The van der Waals surface area contributed by atoms with Crippen molar-refractivity contribution in [1.29, 1.82) is 0 Å². The van der Waals surface area contributed by atoms with E-state index in [0.717, 1.165) is 41.4 Å². The number of benzene rings is 1. The minimum Gasteiger partial charge on any atom is -0.391 e. The molecule has 0 spiro atoms. The summed E-state index contributed by atoms with van der Waals surface area (Å²) < 4.78 is 0.922. The zero-order valence-corrected chi connectivity index (χ0v) is 12.4. The number of hydrogen-bond acceptors (Lipinski definition) is 3. The first-order chi connectivity index (χ1) is 8.58. The van der Waals surface area contributed by atoms with E-state index >= 15 is 0 Å². The molecule has 1 aliphatic carbocycles. The number of aliphatic hydroxyl groups excluding tert-OH is 1. The molecular formula is C13H17BrN2OS. The SMILES string of the molecule is NC(=S)c1ccc(NC2CCCCC2O)c(Br)c1. The Kier molecular flexibility index (Phi) is 4.59. The van der Waals surface area contributed by atoms with E-state index in [9.17, 15) is 5.11 Å². The van der Waals surface area contributed by atoms with E-state index in [4.69, 9.17) is 18.0 Å². The van der Waals surface area contributed by atoms with E-state index < -0.39 is 0 Å². The van der Waals surface area contributed by atoms with E-state index in [0.29, 0.717) is 4.99 Å². The summed E-state index contributed by atoms with van der Waals surface area (Å²) in [6.45, 7) is 0. The first-order valence-corrected chi connectivity index (χ1v) is 7.32. The molecule has 0 aromatic heterocycles. The monoisotopic (exact) mass is 328 g/mol. The van der Waals surface area contributed by atoms with Crippen molar-refractivity contribution in [3.63, 3.8) is 0 Å². The normalized spacial score (nSPS) is 23.7. The summed E-state index contributed by atoms with van der Waals surface area (Å²) in [6.07, 6.45) is 3.89. The van der Waals surface area contributed by atoms with Gasteiger partial charge in [-0.05, 0) is 47.0 Å². The maximum absolute atomic E-state index is 9.95. The summed E-state index contributed by atoms with van der Waals surface area (Å²) in [6, 6.07) is 5.87. The second-order valence-electron chi connectivity index (χ2n) is 4.66. The molecular weight excluding hydrogens is 312 g/mol. The van der Waals surface area contributed by atoms with Gasteiger partial charge in [0.2, 0.25) is 0 Å². The predicted molar refractivity (Wildman–Crippen MR) is 81.9 cm³/mol. The number of halogens is 1. The quantitative estimate of drug-likeness (QED) is 0.747. The first-order valence-electron chi connectivity index (χ1n) is 6.12. The minimum atomic E-state index is -0.263. The molecule has 2 atom stereocenters. The van der Waals surface area contributed by atoms with E-state index in [2.05, 4.69) is 21.2 Å². The Morgan fingerprint density at radius 1 is 1.39 bits per heavy atom. The van der Waals surface area contributed by atoms with Gasteiger partial charge < -0.3 is 16.2 Å². The second-order valence-corrected chi connectivity index (χ2v) is 5.96. The first kappa shape index (κ1) is 13.8. The van der Waals surface area contributed by atoms with Crippen molar-refractivity contribution in [3.05, 3.63) is 28.2 Å². The van der Waals surface area contributed by atoms with Gasteiger partial charge in [-0.25, -0.2) is 0 Å². The summed E-state index contributed by atoms with van der Waals surface area (Å²) in [5.74, 6) is 0. The number of anilines is 1. The van der Waals surface area contributed by atoms with Crippen molar-refractivity contribution in [3.8, 4) is 0 Å². The van der Waals surface area contributed by atoms with Crippen LogP contribution < -0.4 is 11.1 Å². The Bertz CT molecular complexity index is 453. The van der Waals surface area contributed by atoms with Crippen molar-refractivity contribution in [2.45, 2.75) is 37.8 Å². The number of nitrogens with two attached hydrogens (primary N) is 1. The Labute approximate surface area is 121 Å². The lowest BCUT2D eigenvalue weighted by Crippen LogP contribution is -2.36. The van der Waals surface area contributed by atoms with Crippen molar-refractivity contribution in [2.24, 2.45) is 5.73 Å². The van der Waals surface area contributed by atoms with Crippen molar-refractivity contribution >= 4 is 38.8 Å². The van der Waals surface area contributed by atoms with Crippen LogP contribution in [0.5, 0.6) is 0 Å². The van der Waals surface area contributed by atoms with Gasteiger partial charge in [0.15, 0.2) is 0 Å². The van der Waals surface area contributed by atoms with E-state index in [1.807, 2.05) is 18.2 Å². The largest absolute Gasteiger partial charge is 0.391 e. The third-order valence-electron chi connectivity index (χ3n) is 3.32. The van der Waals surface area contributed by atoms with Crippen LogP contribution in [0.15, 0.2) is 22.7 Å². The topological polar surface area (TPSA) is 58.3 Å². The molecule has 1 fully saturated rings. The average Bonchev–Trinajstić information content (AvgIpc) is 2.34. The van der Waals surface area contributed by atoms with Crippen LogP contribution in [0.4, 0.5) is 5.69 Å². The van der Waals surface area contributed by atoms with Gasteiger partial charge in [-0.2, -0.15) is 0 Å². The van der Waals surface area contributed by atoms with Crippen LogP contribution in [0.25, 0.3) is 0 Å². The van der Waals surface area contributed by atoms with Gasteiger partial charge in [0.25, 0.3) is 0 Å². The molecule has 0 heterocycles. The lowest BCUT2D eigenvalue weighted by Gasteiger charge is -2.29. The lowest BCUT2D eigenvalue weighted by molar-refractivity contribution is 0.116. The molecule has 1 aliphatic rings. The Morgan fingerprint density at radius 2 is 2.11 bits per heavy atom. The summed E-state index contributed by atoms with van der Waals surface area (Å²) in [7, 11) is 0. The fourth-order valence-corrected chi connectivity index (χ4v) is 2.89. The Morgan fingerprint density at radius 3 is 2.72 bits per heavy atom. The van der Waals surface area contributed by atoms with Crippen LogP contribution in [0.1, 0.15) is 31.2 Å². The average molecular weight is 329 g/mol. The van der Waals surface area contributed by atoms with Gasteiger partial charge in [-0.15, -0.1) is 0 Å². The molecule has 1 aromatic carbocycles. The van der Waals surface area contributed by atoms with E-state index in [1.165, 1.54) is 0 Å². The third kappa shape index (κ3) is 3.22. The lowest BCUT2D eigenvalue weighted by atomic mass is 9.92. The van der Waals surface area contributed by atoms with Crippen molar-refractivity contribution in [2.75, 3.05) is 5.32 Å². The zero-order valence-electron chi connectivity index (χ0n) is 10.0. The molecule has 0 radical (unpaired) electrons. The molecule has 3 nitrogen and oxygen atoms in total. The van der Waals surface area contributed by atoms with Crippen molar-refractivity contribution in [1.82, 2.24) is 0 Å². The van der Waals surface area contributed by atoms with Crippen LogP contribution >= 0.6 is 28.1 Å². The van der Waals surface area contributed by atoms with Gasteiger partial charge in [0, 0.05) is 15.7 Å².